The number of hydrogen-bond acceptors (Lipinski definition) is 6. The lowest BCUT2D eigenvalue weighted by Gasteiger charge is -2.34. The first-order valence-corrected chi connectivity index (χ1v) is 9.83. The van der Waals surface area contributed by atoms with Crippen molar-refractivity contribution >= 4 is 28.4 Å². The average Bonchev–Trinajstić information content (AvgIpc) is 3.11. The third-order valence-corrected chi connectivity index (χ3v) is 5.72. The smallest absolute Gasteiger partial charge is 0.277 e. The predicted octanol–water partition coefficient (Wildman–Crippen LogP) is 2.44. The van der Waals surface area contributed by atoms with Gasteiger partial charge in [-0.05, 0) is 24.8 Å². The first kappa shape index (κ1) is 19.2. The molecular formula is C21H26N6O2. The Hall–Kier alpha value is -3.13. The second-order valence-electron chi connectivity index (χ2n) is 7.67. The van der Waals surface area contributed by atoms with E-state index in [2.05, 4.69) is 68.9 Å². The van der Waals surface area contributed by atoms with Gasteiger partial charge in [0, 0.05) is 63.2 Å². The summed E-state index contributed by atoms with van der Waals surface area (Å²) in [6, 6.07) is 8.50. The molecule has 1 saturated heterocycles. The number of fused-ring (bicyclic) bond motifs is 1. The zero-order valence-electron chi connectivity index (χ0n) is 16.7. The maximum absolute atomic E-state index is 11.4. The van der Waals surface area contributed by atoms with Crippen LogP contribution in [-0.2, 0) is 7.05 Å². The van der Waals surface area contributed by atoms with Crippen LogP contribution in [-0.4, -0.2) is 52.3 Å². The molecule has 1 fully saturated rings. The average molecular weight is 394 g/mol. The molecule has 2 N–H and O–H groups in total. The van der Waals surface area contributed by atoms with E-state index in [1.165, 1.54) is 29.0 Å². The highest BCUT2D eigenvalue weighted by atomic mass is 16.5. The van der Waals surface area contributed by atoms with Gasteiger partial charge in [-0.1, -0.05) is 18.2 Å². The van der Waals surface area contributed by atoms with Crippen LogP contribution >= 0.6 is 0 Å². The zero-order chi connectivity index (χ0) is 20.4. The lowest BCUT2D eigenvalue weighted by Crippen LogP contribution is -2.38. The number of nitrogens with zero attached hydrogens (tertiary/aromatic N) is 5. The van der Waals surface area contributed by atoms with Crippen LogP contribution < -0.4 is 15.3 Å². The van der Waals surface area contributed by atoms with E-state index in [4.69, 9.17) is 5.21 Å². The molecule has 0 saturated carbocycles. The molecule has 0 spiro atoms. The van der Waals surface area contributed by atoms with Gasteiger partial charge in [0.1, 0.15) is 0 Å². The summed E-state index contributed by atoms with van der Waals surface area (Å²) in [5.41, 5.74) is 4.35. The van der Waals surface area contributed by atoms with E-state index in [9.17, 15) is 4.79 Å². The highest BCUT2D eigenvalue weighted by molar-refractivity contribution is 5.93. The monoisotopic (exact) mass is 394 g/mol. The van der Waals surface area contributed by atoms with Crippen molar-refractivity contribution in [1.29, 1.82) is 0 Å². The first-order chi connectivity index (χ1) is 14.1. The minimum Gasteiger partial charge on any atom is -0.373 e. The molecule has 3 aromatic rings. The van der Waals surface area contributed by atoms with Crippen LogP contribution in [0.25, 0.3) is 10.9 Å². The van der Waals surface area contributed by atoms with Gasteiger partial charge in [-0.15, -0.1) is 0 Å². The number of aromatic nitrogens is 3. The Morgan fingerprint density at radius 2 is 1.93 bits per heavy atom. The maximum atomic E-state index is 11.4. The van der Waals surface area contributed by atoms with E-state index in [0.29, 0.717) is 11.9 Å². The summed E-state index contributed by atoms with van der Waals surface area (Å²) in [5, 5.41) is 9.97. The van der Waals surface area contributed by atoms with Crippen molar-refractivity contribution in [3.05, 3.63) is 48.4 Å². The van der Waals surface area contributed by atoms with Crippen LogP contribution in [0, 0.1) is 5.92 Å². The Morgan fingerprint density at radius 3 is 2.62 bits per heavy atom. The molecule has 0 atom stereocenters. The second kappa shape index (κ2) is 8.08. The molecule has 4 rings (SSSR count). The number of hydrogen-bond donors (Lipinski definition) is 2. The SMILES string of the molecule is CN(CC1CCN(c2ncc(C(=O)NO)cn2)CC1)c1cn(C)c2ccccc12. The highest BCUT2D eigenvalue weighted by Gasteiger charge is 2.23. The molecule has 1 aliphatic rings. The van der Waals surface area contributed by atoms with Crippen LogP contribution in [0.3, 0.4) is 0 Å². The lowest BCUT2D eigenvalue weighted by atomic mass is 9.96. The predicted molar refractivity (Wildman–Crippen MR) is 112 cm³/mol. The first-order valence-electron chi connectivity index (χ1n) is 9.83. The molecule has 1 amide bonds. The number of carbonyl (C=O) groups excluding carboxylic acids is 1. The molecule has 8 heteroatoms. The van der Waals surface area contributed by atoms with E-state index >= 15 is 0 Å². The molecule has 2 aromatic heterocycles. The van der Waals surface area contributed by atoms with E-state index in [1.54, 1.807) is 5.48 Å². The maximum Gasteiger partial charge on any atom is 0.277 e. The summed E-state index contributed by atoms with van der Waals surface area (Å²) in [7, 11) is 4.26. The molecule has 152 valence electrons. The van der Waals surface area contributed by atoms with E-state index in [-0.39, 0.29) is 5.56 Å². The number of nitrogens with one attached hydrogen (secondary N) is 1. The minimum absolute atomic E-state index is 0.239. The fourth-order valence-electron chi connectivity index (χ4n) is 4.09. The van der Waals surface area contributed by atoms with Crippen molar-refractivity contribution in [1.82, 2.24) is 20.0 Å². The molecule has 1 aliphatic heterocycles. The molecule has 29 heavy (non-hydrogen) atoms. The van der Waals surface area contributed by atoms with Crippen molar-refractivity contribution in [3.8, 4) is 0 Å². The standard InChI is InChI=1S/C21H26N6O2/c1-25(19-14-26(2)18-6-4-3-5-17(18)19)13-15-7-9-27(10-8-15)21-22-11-16(12-23-21)20(28)24-29/h3-6,11-12,14-15,29H,7-10,13H2,1-2H3,(H,24,28). The number of piperidine rings is 1. The van der Waals surface area contributed by atoms with Gasteiger partial charge in [0.2, 0.25) is 5.95 Å². The second-order valence-corrected chi connectivity index (χ2v) is 7.67. The summed E-state index contributed by atoms with van der Waals surface area (Å²) in [4.78, 5) is 24.4. The Kier molecular flexibility index (Phi) is 5.35. The lowest BCUT2D eigenvalue weighted by molar-refractivity contribution is 0.0705. The van der Waals surface area contributed by atoms with E-state index in [1.807, 2.05) is 0 Å². The Labute approximate surface area is 169 Å². The number of hydroxylamine groups is 1. The van der Waals surface area contributed by atoms with Gasteiger partial charge in [-0.25, -0.2) is 15.4 Å². The van der Waals surface area contributed by atoms with Crippen LogP contribution in [0.15, 0.2) is 42.9 Å². The van der Waals surface area contributed by atoms with Crippen molar-refractivity contribution < 1.29 is 10.0 Å². The van der Waals surface area contributed by atoms with Crippen molar-refractivity contribution in [3.63, 3.8) is 0 Å². The molecule has 0 unspecified atom stereocenters. The molecule has 0 aliphatic carbocycles. The molecule has 0 bridgehead atoms. The van der Waals surface area contributed by atoms with Crippen LogP contribution in [0.5, 0.6) is 0 Å². The molecular weight excluding hydrogens is 368 g/mol. The Balaban J connectivity index is 1.36. The largest absolute Gasteiger partial charge is 0.373 e. The number of amides is 1. The van der Waals surface area contributed by atoms with Gasteiger partial charge in [-0.2, -0.15) is 0 Å². The van der Waals surface area contributed by atoms with Crippen LogP contribution in [0.1, 0.15) is 23.2 Å². The fraction of sp³-hybridized carbons (Fsp3) is 0.381. The third kappa shape index (κ3) is 3.88. The van der Waals surface area contributed by atoms with Gasteiger partial charge in [0.15, 0.2) is 0 Å². The van der Waals surface area contributed by atoms with Crippen LogP contribution in [0.2, 0.25) is 0 Å². The fourth-order valence-corrected chi connectivity index (χ4v) is 4.09. The number of rotatable bonds is 5. The number of para-hydroxylation sites is 1. The third-order valence-electron chi connectivity index (χ3n) is 5.72. The number of anilines is 2. The molecule has 3 heterocycles. The molecule has 8 nitrogen and oxygen atoms in total. The topological polar surface area (TPSA) is 86.5 Å². The minimum atomic E-state index is -0.605. The van der Waals surface area contributed by atoms with Crippen molar-refractivity contribution in [2.24, 2.45) is 13.0 Å². The van der Waals surface area contributed by atoms with Gasteiger partial charge in [-0.3, -0.25) is 10.0 Å². The summed E-state index contributed by atoms with van der Waals surface area (Å²) in [6.45, 7) is 2.79. The summed E-state index contributed by atoms with van der Waals surface area (Å²) in [6.07, 6.45) is 7.22. The number of benzene rings is 1. The number of aryl methyl sites for hydroxylation is 1. The van der Waals surface area contributed by atoms with Crippen LogP contribution in [0.4, 0.5) is 11.6 Å². The summed E-state index contributed by atoms with van der Waals surface area (Å²) in [5.74, 6) is 0.627. The zero-order valence-corrected chi connectivity index (χ0v) is 16.7. The van der Waals surface area contributed by atoms with Crippen molar-refractivity contribution in [2.45, 2.75) is 12.8 Å². The van der Waals surface area contributed by atoms with Gasteiger partial charge in [0.05, 0.1) is 11.3 Å². The van der Waals surface area contributed by atoms with Gasteiger partial charge < -0.3 is 14.4 Å². The van der Waals surface area contributed by atoms with Crippen molar-refractivity contribution in [2.75, 3.05) is 36.5 Å². The molecule has 1 aromatic carbocycles. The molecule has 0 radical (unpaired) electrons. The van der Waals surface area contributed by atoms with E-state index in [0.717, 1.165) is 32.5 Å². The summed E-state index contributed by atoms with van der Waals surface area (Å²) < 4.78 is 2.18. The van der Waals surface area contributed by atoms with Gasteiger partial charge in [0.25, 0.3) is 5.91 Å². The van der Waals surface area contributed by atoms with E-state index < -0.39 is 5.91 Å². The summed E-state index contributed by atoms with van der Waals surface area (Å²) >= 11 is 0. The highest BCUT2D eigenvalue weighted by Crippen LogP contribution is 2.30. The Morgan fingerprint density at radius 1 is 1.24 bits per heavy atom. The quantitative estimate of drug-likeness (QED) is 0.511. The number of carbonyl (C=O) groups is 1. The normalized spacial score (nSPS) is 14.9. The Bertz CT molecular complexity index is 992. The van der Waals surface area contributed by atoms with Gasteiger partial charge >= 0.3 is 0 Å².